The van der Waals surface area contributed by atoms with E-state index >= 15 is 0 Å². The number of rotatable bonds is 7. The first-order valence-corrected chi connectivity index (χ1v) is 23.2. The second-order valence-corrected chi connectivity index (χ2v) is 17.5. The van der Waals surface area contributed by atoms with Gasteiger partial charge >= 0.3 is 0 Å². The van der Waals surface area contributed by atoms with E-state index in [1.54, 1.807) is 0 Å². The molecule has 0 fully saturated rings. The average molecular weight is 883 g/mol. The van der Waals surface area contributed by atoms with Crippen LogP contribution in [0, 0.1) is 0 Å². The Kier molecular flexibility index (Phi) is 8.79. The summed E-state index contributed by atoms with van der Waals surface area (Å²) < 4.78 is 16.1. The van der Waals surface area contributed by atoms with Crippen molar-refractivity contribution in [1.29, 1.82) is 0 Å². The fraction of sp³-hybridized carbons (Fsp3) is 0. The number of fused-ring (bicyclic) bond motifs is 9. The third-order valence-electron chi connectivity index (χ3n) is 13.5. The van der Waals surface area contributed by atoms with Crippen LogP contribution in [0.3, 0.4) is 0 Å². The minimum Gasteiger partial charge on any atom is -0.456 e. The molecule has 0 aliphatic carbocycles. The van der Waals surface area contributed by atoms with Crippen molar-refractivity contribution in [2.45, 2.75) is 0 Å². The largest absolute Gasteiger partial charge is 0.456 e. The van der Waals surface area contributed by atoms with Gasteiger partial charge in [0.05, 0.1) is 16.7 Å². The Bertz CT molecular complexity index is 4290. The molecule has 0 aliphatic heterocycles. The highest BCUT2D eigenvalue weighted by Crippen LogP contribution is 2.45. The molecule has 0 radical (unpaired) electrons. The molecule has 0 bridgehead atoms. The van der Waals surface area contributed by atoms with Gasteiger partial charge in [0.1, 0.15) is 22.3 Å². The molecule has 0 N–H and O–H groups in total. The van der Waals surface area contributed by atoms with Crippen LogP contribution < -0.4 is 0 Å². The molecule has 69 heavy (non-hydrogen) atoms. The van der Waals surface area contributed by atoms with Gasteiger partial charge in [-0.15, -0.1) is 0 Å². The molecule has 0 atom stereocenters. The molecule has 14 rings (SSSR count). The average Bonchev–Trinajstić information content (AvgIpc) is 4.10. The first kappa shape index (κ1) is 38.8. The molecule has 322 valence electrons. The summed E-state index contributed by atoms with van der Waals surface area (Å²) in [5.74, 6) is 1.76. The first-order valence-electron chi connectivity index (χ1n) is 23.2. The lowest BCUT2D eigenvalue weighted by atomic mass is 9.97. The normalized spacial score (nSPS) is 11.8. The number of benzene rings is 10. The van der Waals surface area contributed by atoms with Crippen LogP contribution >= 0.6 is 0 Å². The monoisotopic (exact) mass is 882 g/mol. The number of nitrogens with zero attached hydrogens (tertiary/aromatic N) is 4. The molecule has 14 aromatic rings. The maximum atomic E-state index is 6.88. The number of hydrogen-bond acceptors (Lipinski definition) is 5. The predicted molar refractivity (Wildman–Crippen MR) is 281 cm³/mol. The lowest BCUT2D eigenvalue weighted by Gasteiger charge is -2.15. The molecule has 6 heteroatoms. The fourth-order valence-electron chi connectivity index (χ4n) is 10.2. The molecule has 0 saturated heterocycles. The quantitative estimate of drug-likeness (QED) is 0.159. The number of para-hydroxylation sites is 2. The molecule has 4 aromatic heterocycles. The Balaban J connectivity index is 0.960. The summed E-state index contributed by atoms with van der Waals surface area (Å²) in [6.07, 6.45) is 0. The van der Waals surface area contributed by atoms with Gasteiger partial charge in [0.15, 0.2) is 17.5 Å². The van der Waals surface area contributed by atoms with E-state index in [0.29, 0.717) is 17.5 Å². The Hall–Kier alpha value is -9.39. The van der Waals surface area contributed by atoms with E-state index in [1.807, 2.05) is 60.7 Å². The molecule has 0 spiro atoms. The van der Waals surface area contributed by atoms with E-state index in [0.717, 1.165) is 99.5 Å². The van der Waals surface area contributed by atoms with Crippen molar-refractivity contribution in [2.75, 3.05) is 0 Å². The maximum Gasteiger partial charge on any atom is 0.164 e. The molecule has 0 aliphatic rings. The van der Waals surface area contributed by atoms with Crippen LogP contribution in [-0.2, 0) is 0 Å². The molecular formula is C63H38N4O2. The van der Waals surface area contributed by atoms with Crippen LogP contribution in [0.15, 0.2) is 239 Å². The van der Waals surface area contributed by atoms with E-state index < -0.39 is 0 Å². The Morgan fingerprint density at radius 2 is 0.855 bits per heavy atom. The van der Waals surface area contributed by atoms with Gasteiger partial charge in [-0.25, -0.2) is 15.0 Å². The molecule has 4 heterocycles. The van der Waals surface area contributed by atoms with Crippen molar-refractivity contribution in [1.82, 2.24) is 19.5 Å². The van der Waals surface area contributed by atoms with Gasteiger partial charge in [-0.1, -0.05) is 176 Å². The van der Waals surface area contributed by atoms with Crippen LogP contribution in [0.25, 0.3) is 139 Å². The summed E-state index contributed by atoms with van der Waals surface area (Å²) in [5, 5.41) is 6.39. The summed E-state index contributed by atoms with van der Waals surface area (Å²) in [6, 6.07) is 80.3. The third kappa shape index (κ3) is 6.38. The van der Waals surface area contributed by atoms with Crippen molar-refractivity contribution in [3.05, 3.63) is 231 Å². The lowest BCUT2D eigenvalue weighted by Crippen LogP contribution is -2.00. The predicted octanol–water partition coefficient (Wildman–Crippen LogP) is 16.8. The minimum atomic E-state index is 0.569. The van der Waals surface area contributed by atoms with Gasteiger partial charge < -0.3 is 13.4 Å². The summed E-state index contributed by atoms with van der Waals surface area (Å²) in [7, 11) is 0. The summed E-state index contributed by atoms with van der Waals surface area (Å²) in [4.78, 5) is 15.4. The molecular weight excluding hydrogens is 845 g/mol. The van der Waals surface area contributed by atoms with Crippen molar-refractivity contribution in [3.8, 4) is 73.2 Å². The van der Waals surface area contributed by atoms with E-state index in [2.05, 4.69) is 174 Å². The van der Waals surface area contributed by atoms with Crippen molar-refractivity contribution < 1.29 is 8.83 Å². The lowest BCUT2D eigenvalue weighted by molar-refractivity contribution is 0.668. The van der Waals surface area contributed by atoms with Crippen LogP contribution in [0.2, 0.25) is 0 Å². The van der Waals surface area contributed by atoms with Gasteiger partial charge in [0.2, 0.25) is 0 Å². The van der Waals surface area contributed by atoms with E-state index in [9.17, 15) is 0 Å². The Morgan fingerprint density at radius 1 is 0.304 bits per heavy atom. The van der Waals surface area contributed by atoms with Crippen molar-refractivity contribution in [2.24, 2.45) is 0 Å². The zero-order valence-corrected chi connectivity index (χ0v) is 37.0. The van der Waals surface area contributed by atoms with E-state index in [1.165, 1.54) is 21.9 Å². The second kappa shape index (κ2) is 15.6. The van der Waals surface area contributed by atoms with Crippen molar-refractivity contribution in [3.63, 3.8) is 0 Å². The van der Waals surface area contributed by atoms with Crippen LogP contribution in [0.1, 0.15) is 0 Å². The fourth-order valence-corrected chi connectivity index (χ4v) is 10.2. The van der Waals surface area contributed by atoms with Gasteiger partial charge in [0, 0.05) is 54.6 Å². The summed E-state index contributed by atoms with van der Waals surface area (Å²) in [6.45, 7) is 0. The zero-order valence-electron chi connectivity index (χ0n) is 37.0. The molecule has 0 unspecified atom stereocenters. The standard InChI is InChI=1S/C63H38N4O2/c1-4-15-39(16-5-1)41-27-29-43(30-28-41)62-64-61(42-19-8-3-9-20-42)65-63(66-62)50-23-14-26-56-59(50)49-33-31-45(38-57(49)68-56)58-54(36-34-48-47-22-11-13-25-55(47)69-60(48)58)67-52-24-12-10-21-46(52)51-37-44(32-35-53(51)67)40-17-6-2-7-18-40/h1-38H. The van der Waals surface area contributed by atoms with Crippen LogP contribution in [0.5, 0.6) is 0 Å². The van der Waals surface area contributed by atoms with E-state index in [-0.39, 0.29) is 0 Å². The third-order valence-corrected chi connectivity index (χ3v) is 13.5. The number of furan rings is 2. The van der Waals surface area contributed by atoms with E-state index in [4.69, 9.17) is 23.8 Å². The highest BCUT2D eigenvalue weighted by molar-refractivity contribution is 6.17. The first-order chi connectivity index (χ1) is 34.2. The Labute approximate surface area is 396 Å². The highest BCUT2D eigenvalue weighted by Gasteiger charge is 2.24. The second-order valence-electron chi connectivity index (χ2n) is 17.5. The number of hydrogen-bond donors (Lipinski definition) is 0. The highest BCUT2D eigenvalue weighted by atomic mass is 16.3. The molecule has 10 aromatic carbocycles. The summed E-state index contributed by atoms with van der Waals surface area (Å²) in [5.41, 5.74) is 15.7. The molecule has 0 amide bonds. The molecule has 0 saturated carbocycles. The van der Waals surface area contributed by atoms with Crippen LogP contribution in [0.4, 0.5) is 0 Å². The van der Waals surface area contributed by atoms with Crippen molar-refractivity contribution >= 4 is 65.7 Å². The summed E-state index contributed by atoms with van der Waals surface area (Å²) >= 11 is 0. The van der Waals surface area contributed by atoms with Crippen LogP contribution in [-0.4, -0.2) is 19.5 Å². The van der Waals surface area contributed by atoms with Gasteiger partial charge in [-0.3, -0.25) is 0 Å². The molecule has 6 nitrogen and oxygen atoms in total. The van der Waals surface area contributed by atoms with Gasteiger partial charge in [0.25, 0.3) is 0 Å². The van der Waals surface area contributed by atoms with Gasteiger partial charge in [-0.05, 0) is 82.4 Å². The topological polar surface area (TPSA) is 69.9 Å². The smallest absolute Gasteiger partial charge is 0.164 e. The minimum absolute atomic E-state index is 0.569. The number of aromatic nitrogens is 4. The van der Waals surface area contributed by atoms with Gasteiger partial charge in [-0.2, -0.15) is 0 Å². The SMILES string of the molecule is c1ccc(-c2ccc(-c3nc(-c4ccccc4)nc(-c4cccc5oc6cc(-c7c(-n8c9ccccc9c9cc(-c%10ccccc%10)ccc98)ccc8c7oc7ccccc78)ccc6c45)n3)cc2)cc1. The zero-order chi connectivity index (χ0) is 45.4. The Morgan fingerprint density at radius 3 is 1.62 bits per heavy atom. The maximum absolute atomic E-state index is 6.88.